The Balaban J connectivity index is 1.61. The number of aryl methyl sites for hydroxylation is 1. The number of likely N-dealkylation sites (N-methyl/N-ethyl adjacent to an activating group) is 1. The van der Waals surface area contributed by atoms with Gasteiger partial charge >= 0.3 is 0 Å². The van der Waals surface area contributed by atoms with Gasteiger partial charge in [0.2, 0.25) is 6.79 Å². The molecule has 1 saturated heterocycles. The van der Waals surface area contributed by atoms with Gasteiger partial charge in [0.05, 0.1) is 18.2 Å². The van der Waals surface area contributed by atoms with E-state index < -0.39 is 0 Å². The number of nitrogens with two attached hydrogens (primary N) is 1. The molecule has 2 aromatic carbocycles. The number of phenols is 1. The number of rotatable bonds is 4. The van der Waals surface area contributed by atoms with Crippen LogP contribution >= 0.6 is 0 Å². The Labute approximate surface area is 217 Å². The summed E-state index contributed by atoms with van der Waals surface area (Å²) in [5, 5.41) is 22.0. The van der Waals surface area contributed by atoms with Crippen LogP contribution in [0.3, 0.4) is 0 Å². The molecular weight excluding hydrogens is 468 g/mol. The maximum Gasteiger partial charge on any atom is 0.231 e. The minimum absolute atomic E-state index is 0.0250. The van der Waals surface area contributed by atoms with Crippen LogP contribution in [0, 0.1) is 32.1 Å². The number of piperazine rings is 1. The summed E-state index contributed by atoms with van der Waals surface area (Å²) in [4.78, 5) is 4.60. The number of hydrogen-bond acceptors (Lipinski definition) is 8. The summed E-state index contributed by atoms with van der Waals surface area (Å²) >= 11 is 0. The summed E-state index contributed by atoms with van der Waals surface area (Å²) < 4.78 is 18.2. The van der Waals surface area contributed by atoms with E-state index in [0.29, 0.717) is 43.2 Å². The van der Waals surface area contributed by atoms with Gasteiger partial charge in [-0.2, -0.15) is 5.26 Å². The Morgan fingerprint density at radius 1 is 1.19 bits per heavy atom. The van der Waals surface area contributed by atoms with E-state index in [9.17, 15) is 10.4 Å². The molecule has 6 rings (SSSR count). The lowest BCUT2D eigenvalue weighted by Crippen LogP contribution is -2.68. The van der Waals surface area contributed by atoms with Gasteiger partial charge in [-0.15, -0.1) is 0 Å². The van der Waals surface area contributed by atoms with Crippen LogP contribution in [-0.4, -0.2) is 60.0 Å². The topological polar surface area (TPSA) is 104 Å². The highest BCUT2D eigenvalue weighted by molar-refractivity contribution is 5.66. The third-order valence-electron chi connectivity index (χ3n) is 9.00. The van der Waals surface area contributed by atoms with Crippen molar-refractivity contribution in [1.82, 2.24) is 9.80 Å². The minimum atomic E-state index is -0.373. The second-order valence-corrected chi connectivity index (χ2v) is 10.7. The zero-order valence-electron chi connectivity index (χ0n) is 21.9. The second kappa shape index (κ2) is 8.66. The predicted molar refractivity (Wildman–Crippen MR) is 139 cm³/mol. The third kappa shape index (κ3) is 3.18. The largest absolute Gasteiger partial charge is 0.507 e. The molecule has 37 heavy (non-hydrogen) atoms. The first-order valence-electron chi connectivity index (χ1n) is 12.9. The highest BCUT2D eigenvalue weighted by Gasteiger charge is 2.56. The van der Waals surface area contributed by atoms with Gasteiger partial charge in [0, 0.05) is 40.9 Å². The number of fused-ring (bicyclic) bond motifs is 9. The molecule has 0 aromatic heterocycles. The molecule has 3 N–H and O–H groups in total. The van der Waals surface area contributed by atoms with Crippen molar-refractivity contribution in [2.24, 2.45) is 5.73 Å². The summed E-state index contributed by atoms with van der Waals surface area (Å²) in [5.74, 6) is 2.53. The molecule has 0 amide bonds. The van der Waals surface area contributed by atoms with E-state index in [1.54, 1.807) is 6.08 Å². The van der Waals surface area contributed by atoms with Crippen LogP contribution in [0.25, 0.3) is 0 Å². The van der Waals surface area contributed by atoms with Crippen molar-refractivity contribution in [2.75, 3.05) is 27.0 Å². The van der Waals surface area contributed by atoms with Gasteiger partial charge in [-0.1, -0.05) is 18.7 Å². The summed E-state index contributed by atoms with van der Waals surface area (Å²) in [5.41, 5.74) is 13.5. The Bertz CT molecular complexity index is 1350. The van der Waals surface area contributed by atoms with E-state index in [1.165, 1.54) is 0 Å². The lowest BCUT2D eigenvalue weighted by molar-refractivity contribution is -0.0710. The number of phenolic OH excluding ortho intramolecular Hbond substituents is 1. The molecule has 2 bridgehead atoms. The van der Waals surface area contributed by atoms with E-state index in [2.05, 4.69) is 35.6 Å². The normalized spacial score (nSPS) is 27.6. The first-order chi connectivity index (χ1) is 17.8. The first-order valence-corrected chi connectivity index (χ1v) is 12.9. The molecule has 4 aliphatic rings. The summed E-state index contributed by atoms with van der Waals surface area (Å²) in [6.07, 6.45) is 3.06. The maximum absolute atomic E-state index is 11.4. The van der Waals surface area contributed by atoms with Crippen LogP contribution in [0.15, 0.2) is 18.7 Å². The zero-order valence-corrected chi connectivity index (χ0v) is 21.9. The molecule has 1 fully saturated rings. The third-order valence-corrected chi connectivity index (χ3v) is 9.00. The van der Waals surface area contributed by atoms with Gasteiger partial charge in [0.15, 0.2) is 11.5 Å². The van der Waals surface area contributed by atoms with E-state index >= 15 is 0 Å². The molecule has 0 spiro atoms. The summed E-state index contributed by atoms with van der Waals surface area (Å²) in [7, 11) is 2.08. The van der Waals surface area contributed by atoms with Crippen LogP contribution in [-0.2, 0) is 12.8 Å². The molecule has 2 aromatic rings. The monoisotopic (exact) mass is 502 g/mol. The highest BCUT2D eigenvalue weighted by Crippen LogP contribution is 2.57. The number of aromatic hydroxyl groups is 1. The zero-order chi connectivity index (χ0) is 26.2. The molecule has 0 aliphatic carbocycles. The van der Waals surface area contributed by atoms with Crippen LogP contribution in [0.1, 0.15) is 51.0 Å². The van der Waals surface area contributed by atoms with Crippen molar-refractivity contribution in [3.63, 3.8) is 0 Å². The van der Waals surface area contributed by atoms with E-state index in [0.717, 1.165) is 44.7 Å². The van der Waals surface area contributed by atoms with Gasteiger partial charge in [0.25, 0.3) is 0 Å². The van der Waals surface area contributed by atoms with Gasteiger partial charge < -0.3 is 25.1 Å². The molecule has 5 atom stereocenters. The fraction of sp³-hybridized carbons (Fsp3) is 0.483. The fourth-order valence-corrected chi connectivity index (χ4v) is 7.26. The van der Waals surface area contributed by atoms with Crippen LogP contribution in [0.4, 0.5) is 0 Å². The average molecular weight is 503 g/mol. The predicted octanol–water partition coefficient (Wildman–Crippen LogP) is 3.34. The number of benzene rings is 2. The van der Waals surface area contributed by atoms with Crippen molar-refractivity contribution < 1.29 is 19.3 Å². The van der Waals surface area contributed by atoms with Crippen LogP contribution in [0.2, 0.25) is 0 Å². The van der Waals surface area contributed by atoms with E-state index in [4.69, 9.17) is 19.9 Å². The molecule has 8 heteroatoms. The minimum Gasteiger partial charge on any atom is -0.507 e. The molecular formula is C29H34N4O4. The van der Waals surface area contributed by atoms with E-state index in [-0.39, 0.29) is 37.0 Å². The van der Waals surface area contributed by atoms with Gasteiger partial charge in [-0.3, -0.25) is 9.80 Å². The van der Waals surface area contributed by atoms with E-state index in [1.807, 2.05) is 20.8 Å². The smallest absolute Gasteiger partial charge is 0.231 e. The van der Waals surface area contributed by atoms with Gasteiger partial charge in [0.1, 0.15) is 24.1 Å². The highest BCUT2D eigenvalue weighted by atomic mass is 16.7. The average Bonchev–Trinajstić information content (AvgIpc) is 3.37. The standard InChI is InChI=1S/C29H34N4O4/c1-6-7-35-27-16(4)28-29(37-13-36-28)24-18(27)10-20-25-23-17(8-14(2)15(3)26(23)34)9-19(32(25)5)21(11-30)33(20)22(24)12-31/h6,8,19-22,25,34H,1,7,9-10,12-13,31H2,2-5H3/t19-,20?,21-,22-,25+/m0/s1. The quantitative estimate of drug-likeness (QED) is 0.614. The van der Waals surface area contributed by atoms with Crippen molar-refractivity contribution in [3.05, 3.63) is 57.7 Å². The fourth-order valence-electron chi connectivity index (χ4n) is 7.26. The molecule has 0 radical (unpaired) electrons. The Morgan fingerprint density at radius 2 is 1.95 bits per heavy atom. The van der Waals surface area contributed by atoms with Crippen LogP contribution in [0.5, 0.6) is 23.0 Å². The number of hydrogen-bond donors (Lipinski definition) is 2. The number of nitrogens with zero attached hydrogens (tertiary/aromatic N) is 3. The van der Waals surface area contributed by atoms with Crippen molar-refractivity contribution in [1.29, 1.82) is 5.26 Å². The van der Waals surface area contributed by atoms with Crippen LogP contribution < -0.4 is 19.9 Å². The van der Waals surface area contributed by atoms with Crippen molar-refractivity contribution in [2.45, 2.75) is 63.8 Å². The molecule has 4 aliphatic heterocycles. The number of nitriles is 1. The van der Waals surface area contributed by atoms with Crippen molar-refractivity contribution >= 4 is 0 Å². The Kier molecular flexibility index (Phi) is 5.64. The summed E-state index contributed by atoms with van der Waals surface area (Å²) in [6, 6.07) is 3.98. The maximum atomic E-state index is 11.4. The molecule has 8 nitrogen and oxygen atoms in total. The second-order valence-electron chi connectivity index (χ2n) is 10.7. The van der Waals surface area contributed by atoms with Crippen molar-refractivity contribution in [3.8, 4) is 29.1 Å². The SMILES string of the molecule is C=CCOc1c(C)c2c(c3c1CC1[C@@H]4c5c(cc(C)c(C)c5O)C[C@@H]([C@H](C#N)N1[C@H]3CN)N4C)OCO2. The number of ether oxygens (including phenoxy) is 3. The molecule has 0 saturated carbocycles. The summed E-state index contributed by atoms with van der Waals surface area (Å²) in [6.45, 7) is 10.7. The first kappa shape index (κ1) is 24.1. The Morgan fingerprint density at radius 3 is 2.65 bits per heavy atom. The Hall–Kier alpha value is -3.25. The molecule has 4 heterocycles. The molecule has 194 valence electrons. The molecule has 1 unspecified atom stereocenters. The van der Waals surface area contributed by atoms with Gasteiger partial charge in [-0.05, 0) is 57.4 Å². The lowest BCUT2D eigenvalue weighted by Gasteiger charge is -2.60. The van der Waals surface area contributed by atoms with Gasteiger partial charge in [-0.25, -0.2) is 0 Å². The lowest BCUT2D eigenvalue weighted by atomic mass is 9.71.